The number of amides is 2. The number of carbonyl (C=O) groups excluding carboxylic acids is 2. The van der Waals surface area contributed by atoms with E-state index >= 15 is 0 Å². The van der Waals surface area contributed by atoms with E-state index in [9.17, 15) is 14.0 Å². The van der Waals surface area contributed by atoms with Crippen molar-refractivity contribution in [1.82, 2.24) is 9.80 Å². The summed E-state index contributed by atoms with van der Waals surface area (Å²) in [5.74, 6) is -0.903. The highest BCUT2D eigenvalue weighted by atomic mass is 79.9. The van der Waals surface area contributed by atoms with Crippen LogP contribution in [-0.4, -0.2) is 53.1 Å². The van der Waals surface area contributed by atoms with E-state index in [0.717, 1.165) is 6.07 Å². The van der Waals surface area contributed by atoms with Crippen LogP contribution in [0.1, 0.15) is 38.1 Å². The molecule has 2 rings (SSSR count). The number of benzene rings is 1. The van der Waals surface area contributed by atoms with Crippen molar-refractivity contribution in [2.24, 2.45) is 0 Å². The third-order valence-electron chi connectivity index (χ3n) is 3.78. The number of halogens is 3. The maximum atomic E-state index is 13.7. The van der Waals surface area contributed by atoms with Gasteiger partial charge in [-0.2, -0.15) is 0 Å². The fourth-order valence-corrected chi connectivity index (χ4v) is 3.31. The van der Waals surface area contributed by atoms with Crippen LogP contribution in [0.4, 0.5) is 9.18 Å². The van der Waals surface area contributed by atoms with Gasteiger partial charge in [0.15, 0.2) is 0 Å². The minimum absolute atomic E-state index is 0.111. The van der Waals surface area contributed by atoms with Crippen LogP contribution in [-0.2, 0) is 4.74 Å². The predicted molar refractivity (Wildman–Crippen MR) is 97.4 cm³/mol. The Balaban J connectivity index is 2.09. The minimum atomic E-state index is -0.577. The van der Waals surface area contributed by atoms with Gasteiger partial charge in [0.1, 0.15) is 11.4 Å². The molecule has 1 aliphatic rings. The summed E-state index contributed by atoms with van der Waals surface area (Å²) in [4.78, 5) is 28.1. The number of rotatable bonds is 1. The second-order valence-electron chi connectivity index (χ2n) is 7.02. The zero-order valence-electron chi connectivity index (χ0n) is 14.6. The average Bonchev–Trinajstić information content (AvgIpc) is 2.48. The highest BCUT2D eigenvalue weighted by Crippen LogP contribution is 2.26. The molecule has 1 fully saturated rings. The van der Waals surface area contributed by atoms with Crippen molar-refractivity contribution in [1.29, 1.82) is 0 Å². The Morgan fingerprint density at radius 2 is 1.96 bits per heavy atom. The summed E-state index contributed by atoms with van der Waals surface area (Å²) in [5, 5.41) is 0.181. The van der Waals surface area contributed by atoms with E-state index in [-0.39, 0.29) is 27.0 Å². The monoisotopic (exact) mass is 434 g/mol. The molecule has 1 saturated heterocycles. The quantitative estimate of drug-likeness (QED) is 0.617. The molecule has 1 aromatic carbocycles. The van der Waals surface area contributed by atoms with Gasteiger partial charge in [-0.05, 0) is 55.8 Å². The molecule has 1 unspecified atom stereocenters. The largest absolute Gasteiger partial charge is 0.444 e. The first kappa shape index (κ1) is 20.0. The maximum Gasteiger partial charge on any atom is 0.410 e. The van der Waals surface area contributed by atoms with E-state index in [1.165, 1.54) is 6.07 Å². The molecule has 0 radical (unpaired) electrons. The lowest BCUT2D eigenvalue weighted by Gasteiger charge is -2.40. The molecule has 5 nitrogen and oxygen atoms in total. The molecule has 0 aliphatic carbocycles. The molecule has 1 heterocycles. The average molecular weight is 436 g/mol. The molecule has 1 atom stereocenters. The Morgan fingerprint density at radius 1 is 1.32 bits per heavy atom. The van der Waals surface area contributed by atoms with Crippen molar-refractivity contribution in [3.63, 3.8) is 0 Å². The molecule has 0 spiro atoms. The molecule has 25 heavy (non-hydrogen) atoms. The molecule has 0 saturated carbocycles. The highest BCUT2D eigenvalue weighted by Gasteiger charge is 2.33. The van der Waals surface area contributed by atoms with Crippen LogP contribution in [0.15, 0.2) is 16.6 Å². The van der Waals surface area contributed by atoms with Crippen LogP contribution in [0.25, 0.3) is 0 Å². The molecule has 1 aliphatic heterocycles. The first-order valence-corrected chi connectivity index (χ1v) is 9.10. The second kappa shape index (κ2) is 7.50. The highest BCUT2D eigenvalue weighted by molar-refractivity contribution is 9.10. The van der Waals surface area contributed by atoms with Crippen LogP contribution in [0.5, 0.6) is 0 Å². The normalized spacial score (nSPS) is 18.3. The van der Waals surface area contributed by atoms with Crippen LogP contribution in [0, 0.1) is 5.82 Å². The van der Waals surface area contributed by atoms with Gasteiger partial charge in [-0.1, -0.05) is 11.6 Å². The zero-order valence-corrected chi connectivity index (χ0v) is 16.9. The summed E-state index contributed by atoms with van der Waals surface area (Å²) in [6, 6.07) is 2.27. The summed E-state index contributed by atoms with van der Waals surface area (Å²) in [5.41, 5.74) is -0.466. The molecule has 138 valence electrons. The Morgan fingerprint density at radius 3 is 2.52 bits per heavy atom. The van der Waals surface area contributed by atoms with Gasteiger partial charge < -0.3 is 14.5 Å². The summed E-state index contributed by atoms with van der Waals surface area (Å²) >= 11 is 9.12. The Hall–Kier alpha value is -1.34. The van der Waals surface area contributed by atoms with E-state index in [1.807, 2.05) is 6.92 Å². The number of ether oxygens (including phenoxy) is 1. The Labute approximate surface area is 160 Å². The van der Waals surface area contributed by atoms with Gasteiger partial charge in [0, 0.05) is 25.7 Å². The Bertz CT molecular complexity index is 693. The number of piperazine rings is 1. The third-order valence-corrected chi connectivity index (χ3v) is 4.70. The molecule has 8 heteroatoms. The number of carbonyl (C=O) groups is 2. The maximum absolute atomic E-state index is 13.7. The molecule has 0 aromatic heterocycles. The van der Waals surface area contributed by atoms with Crippen molar-refractivity contribution in [3.05, 3.63) is 33.0 Å². The minimum Gasteiger partial charge on any atom is -0.444 e. The molecule has 0 N–H and O–H groups in total. The molecule has 1 aromatic rings. The molecular formula is C17H21BrClFN2O3. The first-order chi connectivity index (χ1) is 11.5. The summed E-state index contributed by atoms with van der Waals surface area (Å²) in [7, 11) is 0. The zero-order chi connectivity index (χ0) is 18.9. The SMILES string of the molecule is CC1CN(C(=O)c2cc(F)c(Br)cc2Cl)CCN1C(=O)OC(C)(C)C. The van der Waals surface area contributed by atoms with Gasteiger partial charge in [-0.25, -0.2) is 9.18 Å². The van der Waals surface area contributed by atoms with Crippen molar-refractivity contribution >= 4 is 39.5 Å². The topological polar surface area (TPSA) is 49.9 Å². The van der Waals surface area contributed by atoms with E-state index in [4.69, 9.17) is 16.3 Å². The first-order valence-electron chi connectivity index (χ1n) is 7.93. The predicted octanol–water partition coefficient (Wildman–Crippen LogP) is 4.32. The van der Waals surface area contributed by atoms with Crippen molar-refractivity contribution in [3.8, 4) is 0 Å². The van der Waals surface area contributed by atoms with Crippen LogP contribution >= 0.6 is 27.5 Å². The fourth-order valence-electron chi connectivity index (χ4n) is 2.59. The van der Waals surface area contributed by atoms with Crippen molar-refractivity contribution in [2.45, 2.75) is 39.3 Å². The summed E-state index contributed by atoms with van der Waals surface area (Å²) in [6.07, 6.45) is -0.403. The fraction of sp³-hybridized carbons (Fsp3) is 0.529. The van der Waals surface area contributed by atoms with Crippen molar-refractivity contribution in [2.75, 3.05) is 19.6 Å². The van der Waals surface area contributed by atoms with E-state index in [2.05, 4.69) is 15.9 Å². The van der Waals surface area contributed by atoms with Gasteiger partial charge in [0.25, 0.3) is 5.91 Å². The molecule has 2 amide bonds. The van der Waals surface area contributed by atoms with E-state index in [1.54, 1.807) is 30.6 Å². The van der Waals surface area contributed by atoms with E-state index < -0.39 is 17.5 Å². The van der Waals surface area contributed by atoms with Crippen LogP contribution in [0.2, 0.25) is 5.02 Å². The standard InChI is InChI=1S/C17H21BrClFN2O3/c1-10-9-21(5-6-22(10)16(24)25-17(2,3)4)15(23)11-7-14(20)12(18)8-13(11)19/h7-8,10H,5-6,9H2,1-4H3. The molecular weight excluding hydrogens is 415 g/mol. The van der Waals surface area contributed by atoms with Gasteiger partial charge in [-0.3, -0.25) is 4.79 Å². The van der Waals surface area contributed by atoms with Gasteiger partial charge in [-0.15, -0.1) is 0 Å². The summed E-state index contributed by atoms with van der Waals surface area (Å²) in [6.45, 7) is 8.26. The van der Waals surface area contributed by atoms with Crippen molar-refractivity contribution < 1.29 is 18.7 Å². The lowest BCUT2D eigenvalue weighted by Crippen LogP contribution is -2.56. The van der Waals surface area contributed by atoms with Gasteiger partial charge in [0.05, 0.1) is 15.1 Å². The van der Waals surface area contributed by atoms with Crippen LogP contribution in [0.3, 0.4) is 0 Å². The lowest BCUT2D eigenvalue weighted by molar-refractivity contribution is 0.00198. The van der Waals surface area contributed by atoms with E-state index in [0.29, 0.717) is 19.6 Å². The van der Waals surface area contributed by atoms with Gasteiger partial charge >= 0.3 is 6.09 Å². The third kappa shape index (κ3) is 4.85. The second-order valence-corrected chi connectivity index (χ2v) is 8.28. The van der Waals surface area contributed by atoms with Crippen LogP contribution < -0.4 is 0 Å². The number of hydrogen-bond donors (Lipinski definition) is 0. The van der Waals surface area contributed by atoms with Gasteiger partial charge in [0.2, 0.25) is 0 Å². The lowest BCUT2D eigenvalue weighted by atomic mass is 10.1. The molecule has 0 bridgehead atoms. The Kier molecular flexibility index (Phi) is 5.99. The smallest absolute Gasteiger partial charge is 0.410 e. The summed E-state index contributed by atoms with van der Waals surface area (Å²) < 4.78 is 19.3. The number of nitrogens with zero attached hydrogens (tertiary/aromatic N) is 2. The number of hydrogen-bond acceptors (Lipinski definition) is 3.